The summed E-state index contributed by atoms with van der Waals surface area (Å²) in [5.41, 5.74) is 1.07. The van der Waals surface area contributed by atoms with E-state index in [9.17, 15) is 10.2 Å². The van der Waals surface area contributed by atoms with Gasteiger partial charge in [0, 0.05) is 13.0 Å². The van der Waals surface area contributed by atoms with Gasteiger partial charge in [0.25, 0.3) is 0 Å². The Kier molecular flexibility index (Phi) is 5.13. The monoisotopic (exact) mass is 346 g/mol. The molecule has 3 aromatic rings. The van der Waals surface area contributed by atoms with Gasteiger partial charge in [0.05, 0.1) is 17.5 Å². The van der Waals surface area contributed by atoms with Crippen LogP contribution in [0.4, 0.5) is 0 Å². The van der Waals surface area contributed by atoms with Crippen molar-refractivity contribution in [1.29, 1.82) is 0 Å². The van der Waals surface area contributed by atoms with Crippen LogP contribution >= 0.6 is 11.3 Å². The highest BCUT2D eigenvalue weighted by Crippen LogP contribution is 2.39. The van der Waals surface area contributed by atoms with Gasteiger partial charge >= 0.3 is 0 Å². The third-order valence-electron chi connectivity index (χ3n) is 4.08. The molecule has 6 nitrogen and oxygen atoms in total. The predicted molar refractivity (Wildman–Crippen MR) is 94.5 cm³/mol. The first kappa shape index (κ1) is 16.9. The normalized spacial score (nSPS) is 13.0. The van der Waals surface area contributed by atoms with Crippen LogP contribution in [0.25, 0.3) is 4.96 Å². The number of nitrogens with zero attached hydrogens (tertiary/aromatic N) is 4. The standard InChI is InChI=1S/C17H22N4O2S/c1-3-13-18-17-21(19-13)16(23)15(24-17)14(20(4-2)10-11-22)12-8-6-5-7-9-12/h5-9,14,22-23H,3-4,10-11H2,1-2H3. The lowest BCUT2D eigenvalue weighted by Crippen LogP contribution is -2.31. The van der Waals surface area contributed by atoms with Gasteiger partial charge in [-0.2, -0.15) is 4.52 Å². The minimum atomic E-state index is -0.137. The lowest BCUT2D eigenvalue weighted by Gasteiger charge is -2.29. The molecule has 0 spiro atoms. The van der Waals surface area contributed by atoms with Crippen molar-refractivity contribution in [1.82, 2.24) is 19.5 Å². The Balaban J connectivity index is 2.11. The highest BCUT2D eigenvalue weighted by molar-refractivity contribution is 7.17. The summed E-state index contributed by atoms with van der Waals surface area (Å²) in [5.74, 6) is 0.856. The third kappa shape index (κ3) is 3.02. The summed E-state index contributed by atoms with van der Waals surface area (Å²) in [6.07, 6.45) is 0.733. The van der Waals surface area contributed by atoms with E-state index in [-0.39, 0.29) is 18.5 Å². The van der Waals surface area contributed by atoms with Crippen LogP contribution in [0.15, 0.2) is 30.3 Å². The zero-order chi connectivity index (χ0) is 17.1. The second-order valence-electron chi connectivity index (χ2n) is 5.53. The van der Waals surface area contributed by atoms with Gasteiger partial charge in [-0.25, -0.2) is 4.98 Å². The molecule has 1 aromatic carbocycles. The van der Waals surface area contributed by atoms with Crippen molar-refractivity contribution in [3.63, 3.8) is 0 Å². The van der Waals surface area contributed by atoms with E-state index in [1.54, 1.807) is 0 Å². The molecule has 3 rings (SSSR count). The molecule has 0 fully saturated rings. The van der Waals surface area contributed by atoms with Crippen LogP contribution in [0.2, 0.25) is 0 Å². The molecule has 128 valence electrons. The summed E-state index contributed by atoms with van der Waals surface area (Å²) < 4.78 is 1.52. The molecule has 2 N–H and O–H groups in total. The molecular formula is C17H22N4O2S. The highest BCUT2D eigenvalue weighted by Gasteiger charge is 2.28. The molecule has 0 bridgehead atoms. The molecule has 0 aliphatic carbocycles. The maximum Gasteiger partial charge on any atom is 0.230 e. The SMILES string of the molecule is CCc1nc2sc(C(c3ccccc3)N(CC)CCO)c(O)n2n1. The Bertz CT molecular complexity index is 800. The van der Waals surface area contributed by atoms with Gasteiger partial charge in [-0.05, 0) is 12.1 Å². The number of hydrogen-bond donors (Lipinski definition) is 2. The molecule has 24 heavy (non-hydrogen) atoms. The Morgan fingerprint density at radius 3 is 2.58 bits per heavy atom. The van der Waals surface area contributed by atoms with Gasteiger partial charge in [-0.15, -0.1) is 5.10 Å². The Labute approximate surface area is 145 Å². The number of aliphatic hydroxyl groups excluding tert-OH is 1. The summed E-state index contributed by atoms with van der Waals surface area (Å²) in [6.45, 7) is 5.40. The van der Waals surface area contributed by atoms with Crippen molar-refractivity contribution >= 4 is 16.3 Å². The van der Waals surface area contributed by atoms with E-state index in [0.29, 0.717) is 11.5 Å². The van der Waals surface area contributed by atoms with E-state index in [1.807, 2.05) is 37.3 Å². The first-order valence-corrected chi connectivity index (χ1v) is 8.98. The first-order valence-electron chi connectivity index (χ1n) is 8.16. The molecule has 0 saturated carbocycles. The predicted octanol–water partition coefficient (Wildman–Crippen LogP) is 2.46. The minimum absolute atomic E-state index is 0.0681. The van der Waals surface area contributed by atoms with Crippen LogP contribution in [-0.2, 0) is 6.42 Å². The average Bonchev–Trinajstić information content (AvgIpc) is 3.15. The second-order valence-corrected chi connectivity index (χ2v) is 6.54. The maximum atomic E-state index is 10.7. The number of benzene rings is 1. The maximum absolute atomic E-state index is 10.7. The largest absolute Gasteiger partial charge is 0.492 e. The number of aromatic nitrogens is 3. The lowest BCUT2D eigenvalue weighted by atomic mass is 10.0. The smallest absolute Gasteiger partial charge is 0.230 e. The topological polar surface area (TPSA) is 73.9 Å². The average molecular weight is 346 g/mol. The zero-order valence-corrected chi connectivity index (χ0v) is 14.7. The Morgan fingerprint density at radius 2 is 2.00 bits per heavy atom. The minimum Gasteiger partial charge on any atom is -0.492 e. The number of likely N-dealkylation sites (N-methyl/N-ethyl adjacent to an activating group) is 1. The van der Waals surface area contributed by atoms with Crippen LogP contribution in [0, 0.1) is 0 Å². The number of fused-ring (bicyclic) bond motifs is 1. The van der Waals surface area contributed by atoms with Crippen molar-refractivity contribution in [2.75, 3.05) is 19.7 Å². The fourth-order valence-electron chi connectivity index (χ4n) is 2.88. The van der Waals surface area contributed by atoms with Crippen molar-refractivity contribution in [3.05, 3.63) is 46.6 Å². The molecule has 2 heterocycles. The number of aliphatic hydroxyl groups is 1. The highest BCUT2D eigenvalue weighted by atomic mass is 32.1. The van der Waals surface area contributed by atoms with Crippen molar-refractivity contribution < 1.29 is 10.2 Å². The Morgan fingerprint density at radius 1 is 1.25 bits per heavy atom. The number of hydrogen-bond acceptors (Lipinski definition) is 6. The van der Waals surface area contributed by atoms with Gasteiger partial charge in [-0.1, -0.05) is 55.5 Å². The number of rotatable bonds is 7. The van der Waals surface area contributed by atoms with Crippen LogP contribution < -0.4 is 0 Å². The zero-order valence-electron chi connectivity index (χ0n) is 13.9. The van der Waals surface area contributed by atoms with E-state index >= 15 is 0 Å². The molecule has 1 unspecified atom stereocenters. The fourth-order valence-corrected chi connectivity index (χ4v) is 4.02. The summed E-state index contributed by atoms with van der Waals surface area (Å²) >= 11 is 1.45. The van der Waals surface area contributed by atoms with Gasteiger partial charge in [0.15, 0.2) is 5.82 Å². The van der Waals surface area contributed by atoms with Crippen molar-refractivity contribution in [2.45, 2.75) is 26.3 Å². The van der Waals surface area contributed by atoms with Crippen LogP contribution in [-0.4, -0.2) is 49.4 Å². The summed E-state index contributed by atoms with van der Waals surface area (Å²) in [4.78, 5) is 8.10. The number of thiazole rings is 1. The molecule has 0 radical (unpaired) electrons. The van der Waals surface area contributed by atoms with E-state index in [4.69, 9.17) is 0 Å². The van der Waals surface area contributed by atoms with Crippen molar-refractivity contribution in [3.8, 4) is 5.88 Å². The first-order chi connectivity index (χ1) is 11.7. The van der Waals surface area contributed by atoms with Crippen LogP contribution in [0.5, 0.6) is 5.88 Å². The van der Waals surface area contributed by atoms with Crippen molar-refractivity contribution in [2.24, 2.45) is 0 Å². The van der Waals surface area contributed by atoms with E-state index < -0.39 is 0 Å². The summed E-state index contributed by atoms with van der Waals surface area (Å²) in [6, 6.07) is 9.88. The summed E-state index contributed by atoms with van der Waals surface area (Å²) in [7, 11) is 0. The molecule has 2 aromatic heterocycles. The number of aromatic hydroxyl groups is 1. The lowest BCUT2D eigenvalue weighted by molar-refractivity contribution is 0.174. The van der Waals surface area contributed by atoms with Gasteiger partial charge < -0.3 is 10.2 Å². The van der Waals surface area contributed by atoms with E-state index in [1.165, 1.54) is 15.9 Å². The van der Waals surface area contributed by atoms with Gasteiger partial charge in [0.2, 0.25) is 10.8 Å². The molecule has 1 atom stereocenters. The second kappa shape index (κ2) is 7.29. The quantitative estimate of drug-likeness (QED) is 0.687. The molecule has 0 aliphatic rings. The van der Waals surface area contributed by atoms with E-state index in [0.717, 1.165) is 29.2 Å². The van der Waals surface area contributed by atoms with E-state index in [2.05, 4.69) is 21.9 Å². The van der Waals surface area contributed by atoms with Gasteiger partial charge in [-0.3, -0.25) is 4.90 Å². The fraction of sp³-hybridized carbons (Fsp3) is 0.412. The molecular weight excluding hydrogens is 324 g/mol. The van der Waals surface area contributed by atoms with Gasteiger partial charge in [0.1, 0.15) is 0 Å². The van der Waals surface area contributed by atoms with Crippen LogP contribution in [0.1, 0.15) is 36.2 Å². The summed E-state index contributed by atoms with van der Waals surface area (Å²) in [5, 5.41) is 24.5. The third-order valence-corrected chi connectivity index (χ3v) is 5.15. The van der Waals surface area contributed by atoms with Crippen LogP contribution in [0.3, 0.4) is 0 Å². The molecule has 0 saturated heterocycles. The molecule has 0 amide bonds. The molecule has 7 heteroatoms. The number of aryl methyl sites for hydroxylation is 1. The molecule has 0 aliphatic heterocycles. The Hall–Kier alpha value is -1.96.